The predicted molar refractivity (Wildman–Crippen MR) is 105 cm³/mol. The fourth-order valence-corrected chi connectivity index (χ4v) is 4.55. The van der Waals surface area contributed by atoms with Gasteiger partial charge in [-0.1, -0.05) is 0 Å². The Hall–Kier alpha value is -1.06. The highest BCUT2D eigenvalue weighted by Gasteiger charge is 2.25. The Morgan fingerprint density at radius 3 is 2.56 bits per heavy atom. The molecular formula is C16H28BrN5O2S. The number of aliphatic imine (C=N–C) groups is 1. The van der Waals surface area contributed by atoms with Crippen LogP contribution < -0.4 is 5.32 Å². The van der Waals surface area contributed by atoms with Crippen LogP contribution >= 0.6 is 15.9 Å². The molecule has 0 radical (unpaired) electrons. The maximum Gasteiger partial charge on any atom is 0.211 e. The third-order valence-corrected chi connectivity index (χ3v) is 6.38. The van der Waals surface area contributed by atoms with Crippen molar-refractivity contribution in [2.24, 2.45) is 18.0 Å². The molecule has 1 aromatic rings. The zero-order chi connectivity index (χ0) is 18.6. The fourth-order valence-electron chi connectivity index (χ4n) is 3.11. The van der Waals surface area contributed by atoms with E-state index in [9.17, 15) is 8.42 Å². The van der Waals surface area contributed by atoms with E-state index in [1.54, 1.807) is 11.4 Å². The lowest BCUT2D eigenvalue weighted by Crippen LogP contribution is -2.44. The van der Waals surface area contributed by atoms with Crippen LogP contribution in [0.5, 0.6) is 0 Å². The molecule has 9 heteroatoms. The lowest BCUT2D eigenvalue weighted by Gasteiger charge is -2.31. The van der Waals surface area contributed by atoms with E-state index in [0.29, 0.717) is 19.0 Å². The first kappa shape index (κ1) is 20.3. The quantitative estimate of drug-likeness (QED) is 0.563. The summed E-state index contributed by atoms with van der Waals surface area (Å²) < 4.78 is 27.9. The van der Waals surface area contributed by atoms with Crippen molar-refractivity contribution in [1.29, 1.82) is 0 Å². The highest BCUT2D eigenvalue weighted by atomic mass is 79.9. The van der Waals surface area contributed by atoms with Crippen LogP contribution in [0.25, 0.3) is 0 Å². The van der Waals surface area contributed by atoms with Gasteiger partial charge >= 0.3 is 0 Å². The topological polar surface area (TPSA) is 69.9 Å². The number of nitrogens with zero attached hydrogens (tertiary/aromatic N) is 4. The fraction of sp³-hybridized carbons (Fsp3) is 0.688. The molecule has 1 fully saturated rings. The standard InChI is InChI=1S/C16H28BrN5O2S/c1-18-16(21(3)12-15-9-14(17)11-20(15)2)19-10-13-5-7-22(8-6-13)25(4,23)24/h9,11,13H,5-8,10,12H2,1-4H3,(H,18,19). The van der Waals surface area contributed by atoms with Gasteiger partial charge in [0, 0.05) is 57.1 Å². The second kappa shape index (κ2) is 8.55. The van der Waals surface area contributed by atoms with Crippen molar-refractivity contribution in [3.63, 3.8) is 0 Å². The van der Waals surface area contributed by atoms with E-state index < -0.39 is 10.0 Å². The molecule has 0 aromatic carbocycles. The number of aromatic nitrogens is 1. The number of piperidine rings is 1. The Morgan fingerprint density at radius 1 is 1.44 bits per heavy atom. The Bertz CT molecular complexity index is 708. The molecule has 2 rings (SSSR count). The van der Waals surface area contributed by atoms with Gasteiger partial charge in [-0.15, -0.1) is 0 Å². The van der Waals surface area contributed by atoms with Crippen LogP contribution in [0, 0.1) is 5.92 Å². The summed E-state index contributed by atoms with van der Waals surface area (Å²) >= 11 is 3.50. The first-order valence-electron chi connectivity index (χ1n) is 8.38. The van der Waals surface area contributed by atoms with Crippen molar-refractivity contribution in [2.45, 2.75) is 19.4 Å². The molecule has 0 amide bonds. The monoisotopic (exact) mass is 433 g/mol. The third kappa shape index (κ3) is 5.72. The SMILES string of the molecule is CN=C(NCC1CCN(S(C)(=O)=O)CC1)N(C)Cc1cc(Br)cn1C. The lowest BCUT2D eigenvalue weighted by molar-refractivity contribution is 0.273. The number of hydrogen-bond acceptors (Lipinski definition) is 3. The van der Waals surface area contributed by atoms with Gasteiger partial charge in [-0.25, -0.2) is 12.7 Å². The van der Waals surface area contributed by atoms with E-state index in [1.807, 2.05) is 20.3 Å². The molecule has 1 saturated heterocycles. The molecule has 0 saturated carbocycles. The van der Waals surface area contributed by atoms with E-state index >= 15 is 0 Å². The average Bonchev–Trinajstić information content (AvgIpc) is 2.85. The highest BCUT2D eigenvalue weighted by Crippen LogP contribution is 2.19. The minimum Gasteiger partial charge on any atom is -0.356 e. The summed E-state index contributed by atoms with van der Waals surface area (Å²) in [4.78, 5) is 6.45. The molecule has 2 heterocycles. The minimum atomic E-state index is -3.06. The first-order valence-corrected chi connectivity index (χ1v) is 11.0. The van der Waals surface area contributed by atoms with Gasteiger partial charge in [0.2, 0.25) is 10.0 Å². The summed E-state index contributed by atoms with van der Waals surface area (Å²) in [5.41, 5.74) is 1.19. The van der Waals surface area contributed by atoms with Crippen LogP contribution in [0.2, 0.25) is 0 Å². The van der Waals surface area contributed by atoms with Crippen molar-refractivity contribution >= 4 is 31.9 Å². The molecule has 0 spiro atoms. The van der Waals surface area contributed by atoms with Crippen LogP contribution in [-0.4, -0.2) is 68.1 Å². The summed E-state index contributed by atoms with van der Waals surface area (Å²) in [6.45, 7) is 2.79. The summed E-state index contributed by atoms with van der Waals surface area (Å²) in [6.07, 6.45) is 5.08. The van der Waals surface area contributed by atoms with Crippen LogP contribution in [0.1, 0.15) is 18.5 Å². The second-order valence-electron chi connectivity index (χ2n) is 6.65. The molecule has 0 atom stereocenters. The van der Waals surface area contributed by atoms with Crippen molar-refractivity contribution < 1.29 is 8.42 Å². The number of rotatable bonds is 5. The Balaban J connectivity index is 1.83. The normalized spacial score (nSPS) is 17.7. The Labute approximate surface area is 159 Å². The summed E-state index contributed by atoms with van der Waals surface area (Å²) in [7, 11) is 2.77. The summed E-state index contributed by atoms with van der Waals surface area (Å²) in [5.74, 6) is 1.31. The first-order chi connectivity index (χ1) is 11.7. The number of hydrogen-bond donors (Lipinski definition) is 1. The molecule has 1 aliphatic rings. The largest absolute Gasteiger partial charge is 0.356 e. The molecule has 0 aliphatic carbocycles. The van der Waals surface area contributed by atoms with Crippen LogP contribution in [0.15, 0.2) is 21.7 Å². The van der Waals surface area contributed by atoms with Gasteiger partial charge in [-0.3, -0.25) is 4.99 Å². The van der Waals surface area contributed by atoms with Crippen LogP contribution in [-0.2, 0) is 23.6 Å². The third-order valence-electron chi connectivity index (χ3n) is 4.64. The minimum absolute atomic E-state index is 0.465. The van der Waals surface area contributed by atoms with Gasteiger partial charge in [-0.05, 0) is 40.8 Å². The van der Waals surface area contributed by atoms with Gasteiger partial charge in [-0.2, -0.15) is 0 Å². The Kier molecular flexibility index (Phi) is 6.93. The number of guanidine groups is 1. The number of halogens is 1. The van der Waals surface area contributed by atoms with E-state index in [4.69, 9.17) is 0 Å². The van der Waals surface area contributed by atoms with Gasteiger partial charge < -0.3 is 14.8 Å². The van der Waals surface area contributed by atoms with Gasteiger partial charge in [0.25, 0.3) is 0 Å². The molecule has 0 unspecified atom stereocenters. The maximum absolute atomic E-state index is 11.6. The van der Waals surface area contributed by atoms with E-state index in [2.05, 4.69) is 41.8 Å². The molecule has 7 nitrogen and oxygen atoms in total. The molecular weight excluding hydrogens is 406 g/mol. The zero-order valence-electron chi connectivity index (χ0n) is 15.4. The predicted octanol–water partition coefficient (Wildman–Crippen LogP) is 1.47. The molecule has 1 aromatic heterocycles. The number of aryl methyl sites for hydroxylation is 1. The van der Waals surface area contributed by atoms with Crippen LogP contribution in [0.4, 0.5) is 0 Å². The van der Waals surface area contributed by atoms with E-state index in [1.165, 1.54) is 11.9 Å². The van der Waals surface area contributed by atoms with Crippen molar-refractivity contribution in [3.05, 3.63) is 22.4 Å². The summed E-state index contributed by atoms with van der Waals surface area (Å²) in [5, 5.41) is 3.43. The molecule has 1 N–H and O–H groups in total. The van der Waals surface area contributed by atoms with Gasteiger partial charge in [0.15, 0.2) is 5.96 Å². The van der Waals surface area contributed by atoms with Crippen LogP contribution in [0.3, 0.4) is 0 Å². The molecule has 1 aliphatic heterocycles. The van der Waals surface area contributed by atoms with Gasteiger partial charge in [0.1, 0.15) is 0 Å². The lowest BCUT2D eigenvalue weighted by atomic mass is 9.98. The van der Waals surface area contributed by atoms with E-state index in [-0.39, 0.29) is 0 Å². The van der Waals surface area contributed by atoms with E-state index in [0.717, 1.165) is 36.4 Å². The highest BCUT2D eigenvalue weighted by molar-refractivity contribution is 9.10. The Morgan fingerprint density at radius 2 is 2.08 bits per heavy atom. The van der Waals surface area contributed by atoms with Crippen molar-refractivity contribution in [1.82, 2.24) is 19.1 Å². The maximum atomic E-state index is 11.6. The molecule has 25 heavy (non-hydrogen) atoms. The zero-order valence-corrected chi connectivity index (χ0v) is 17.8. The molecule has 0 bridgehead atoms. The number of nitrogens with one attached hydrogen (secondary N) is 1. The summed E-state index contributed by atoms with van der Waals surface area (Å²) in [6, 6.07) is 2.10. The van der Waals surface area contributed by atoms with Crippen molar-refractivity contribution in [3.8, 4) is 0 Å². The van der Waals surface area contributed by atoms with Gasteiger partial charge in [0.05, 0.1) is 12.8 Å². The smallest absolute Gasteiger partial charge is 0.211 e. The number of sulfonamides is 1. The van der Waals surface area contributed by atoms with Crippen molar-refractivity contribution in [2.75, 3.05) is 40.0 Å². The second-order valence-corrected chi connectivity index (χ2v) is 9.55. The average molecular weight is 434 g/mol. The molecule has 142 valence electrons.